The van der Waals surface area contributed by atoms with Crippen LogP contribution in [0.1, 0.15) is 38.4 Å². The molecule has 31 heavy (non-hydrogen) atoms. The van der Waals surface area contributed by atoms with Gasteiger partial charge in [-0.25, -0.2) is 13.9 Å². The Hall–Kier alpha value is -2.06. The lowest BCUT2D eigenvalue weighted by Crippen LogP contribution is -2.66. The van der Waals surface area contributed by atoms with Gasteiger partial charge in [-0.2, -0.15) is 4.39 Å². The van der Waals surface area contributed by atoms with E-state index in [1.807, 2.05) is 0 Å². The summed E-state index contributed by atoms with van der Waals surface area (Å²) in [5.41, 5.74) is 0.203. The smallest absolute Gasteiger partial charge is 0.373 e. The highest BCUT2D eigenvalue weighted by atomic mass is 19.2. The summed E-state index contributed by atoms with van der Waals surface area (Å²) < 4.78 is 41.0. The minimum Gasteiger partial charge on any atom is -0.477 e. The van der Waals surface area contributed by atoms with Gasteiger partial charge in [0, 0.05) is 31.8 Å². The fraction of sp³-hybridized carbons (Fsp3) is 0.778. The summed E-state index contributed by atoms with van der Waals surface area (Å²) in [7, 11) is 1.36. The van der Waals surface area contributed by atoms with E-state index in [1.165, 1.54) is 13.3 Å². The second-order valence-electron chi connectivity index (χ2n) is 7.88. The molecule has 1 saturated heterocycles. The fourth-order valence-corrected chi connectivity index (χ4v) is 3.56. The van der Waals surface area contributed by atoms with Gasteiger partial charge in [-0.3, -0.25) is 4.79 Å². The summed E-state index contributed by atoms with van der Waals surface area (Å²) in [6.07, 6.45) is -4.84. The lowest BCUT2D eigenvalue weighted by Gasteiger charge is -2.50. The van der Waals surface area contributed by atoms with Crippen molar-refractivity contribution in [2.45, 2.75) is 63.3 Å². The number of hydrogen-bond donors (Lipinski definition) is 4. The van der Waals surface area contributed by atoms with E-state index in [9.17, 15) is 24.9 Å². The highest BCUT2D eigenvalue weighted by Crippen LogP contribution is 2.50. The number of methoxy groups -OCH3 is 1. The molecule has 0 aromatic carbocycles. The molecule has 6 atom stereocenters. The number of Topliss-reactive ketones (excluding diaryl/α,β-unsaturated/α-hetero) is 1. The van der Waals surface area contributed by atoms with E-state index >= 15 is 8.78 Å². The number of carbonyl (C=O) groups is 2. The molecule has 0 aliphatic carbocycles. The lowest BCUT2D eigenvalue weighted by atomic mass is 9.76. The predicted octanol–water partition coefficient (Wildman–Crippen LogP) is -0.252. The van der Waals surface area contributed by atoms with Crippen LogP contribution in [0.15, 0.2) is 6.20 Å². The molecule has 176 valence electrons. The molecule has 0 bridgehead atoms. The van der Waals surface area contributed by atoms with E-state index in [0.717, 1.165) is 4.68 Å². The first-order valence-corrected chi connectivity index (χ1v) is 9.59. The van der Waals surface area contributed by atoms with E-state index in [4.69, 9.17) is 14.6 Å². The van der Waals surface area contributed by atoms with Gasteiger partial charge in [0.05, 0.1) is 31.6 Å². The molecule has 4 N–H and O–H groups in total. The van der Waals surface area contributed by atoms with Crippen molar-refractivity contribution in [3.63, 3.8) is 0 Å². The summed E-state index contributed by atoms with van der Waals surface area (Å²) in [6.45, 7) is 2.19. The minimum atomic E-state index is -4.03. The lowest BCUT2D eigenvalue weighted by molar-refractivity contribution is -0.378. The summed E-state index contributed by atoms with van der Waals surface area (Å²) in [5, 5.41) is 46.9. The van der Waals surface area contributed by atoms with Gasteiger partial charge in [-0.1, -0.05) is 19.1 Å². The van der Waals surface area contributed by atoms with E-state index in [2.05, 4.69) is 10.3 Å². The van der Waals surface area contributed by atoms with Gasteiger partial charge in [0.2, 0.25) is 0 Å². The van der Waals surface area contributed by atoms with Crippen molar-refractivity contribution in [3.05, 3.63) is 11.9 Å². The molecule has 1 aliphatic heterocycles. The van der Waals surface area contributed by atoms with Crippen LogP contribution < -0.4 is 0 Å². The number of rotatable bonds is 10. The van der Waals surface area contributed by atoms with Crippen molar-refractivity contribution in [2.75, 3.05) is 13.7 Å². The van der Waals surface area contributed by atoms with Gasteiger partial charge >= 0.3 is 11.8 Å². The van der Waals surface area contributed by atoms with Crippen LogP contribution in [0.4, 0.5) is 8.78 Å². The monoisotopic (exact) mass is 451 g/mol. The fourth-order valence-electron chi connectivity index (χ4n) is 3.56. The highest BCUT2D eigenvalue weighted by Gasteiger charge is 2.67. The zero-order valence-electron chi connectivity index (χ0n) is 17.3. The van der Waals surface area contributed by atoms with E-state index in [-0.39, 0.29) is 12.3 Å². The van der Waals surface area contributed by atoms with Crippen molar-refractivity contribution in [3.8, 4) is 0 Å². The van der Waals surface area contributed by atoms with Gasteiger partial charge < -0.3 is 29.9 Å². The quantitative estimate of drug-likeness (QED) is 0.373. The van der Waals surface area contributed by atoms with Crippen LogP contribution in [0.25, 0.3) is 0 Å². The molecule has 2 rings (SSSR count). The van der Waals surface area contributed by atoms with Gasteiger partial charge in [0.1, 0.15) is 11.5 Å². The molecule has 0 spiro atoms. The number of aliphatic hydroxyl groups excluding tert-OH is 2. The summed E-state index contributed by atoms with van der Waals surface area (Å²) in [6, 6.07) is -1.84. The molecule has 1 fully saturated rings. The maximum Gasteiger partial charge on any atom is 0.373 e. The summed E-state index contributed by atoms with van der Waals surface area (Å²) in [4.78, 5) is 24.0. The number of carbonyl (C=O) groups excluding carboxylic acids is 1. The Morgan fingerprint density at radius 2 is 2.06 bits per heavy atom. The number of alkyl halides is 2. The van der Waals surface area contributed by atoms with Crippen LogP contribution in [0.3, 0.4) is 0 Å². The largest absolute Gasteiger partial charge is 0.477 e. The van der Waals surface area contributed by atoms with Crippen LogP contribution in [-0.4, -0.2) is 84.8 Å². The average Bonchev–Trinajstić information content (AvgIpc) is 3.14. The molecule has 2 heterocycles. The predicted molar refractivity (Wildman–Crippen MR) is 97.8 cm³/mol. The van der Waals surface area contributed by atoms with E-state index < -0.39 is 73.0 Å². The average molecular weight is 451 g/mol. The SMILES string of the molecule is COCc1cn(C2[C@@H](CC(=O)C(C)C)[C@@](O)(C[C@H](O)CO)O[C@@](F)(C(=O)O)[C@H]2F)nn1. The molecular weight excluding hydrogens is 424 g/mol. The number of aromatic nitrogens is 3. The Labute approximate surface area is 176 Å². The molecule has 1 aromatic heterocycles. The number of halogens is 2. The van der Waals surface area contributed by atoms with E-state index in [0.29, 0.717) is 0 Å². The third-order valence-corrected chi connectivity index (χ3v) is 5.22. The standard InChI is InChI=1S/C18H27F2N3O8/c1-9(2)13(26)4-12-14(23-6-10(8-30-3)21-22-23)15(19)18(20,16(27)28)31-17(12,29)5-11(25)7-24/h6,9,11-12,14-15,24-25,29H,4-5,7-8H2,1-3H3,(H,27,28)/t11-,12+,14?,15-,17+,18+/m0/s1. The maximum absolute atomic E-state index is 15.4. The summed E-state index contributed by atoms with van der Waals surface area (Å²) >= 11 is 0. The van der Waals surface area contributed by atoms with Crippen LogP contribution in [0, 0.1) is 11.8 Å². The molecule has 0 saturated carbocycles. The third kappa shape index (κ3) is 5.06. The number of carboxylic acid groups (broad SMARTS) is 1. The molecule has 1 unspecified atom stereocenters. The van der Waals surface area contributed by atoms with Gasteiger partial charge in [0.25, 0.3) is 0 Å². The van der Waals surface area contributed by atoms with Gasteiger partial charge in [-0.05, 0) is 0 Å². The normalized spacial score (nSPS) is 32.2. The Kier molecular flexibility index (Phi) is 7.81. The Bertz CT molecular complexity index is 794. The van der Waals surface area contributed by atoms with Gasteiger partial charge in [0.15, 0.2) is 12.0 Å². The molecule has 13 heteroatoms. The van der Waals surface area contributed by atoms with E-state index in [1.54, 1.807) is 13.8 Å². The van der Waals surface area contributed by atoms with Gasteiger partial charge in [-0.15, -0.1) is 5.10 Å². The van der Waals surface area contributed by atoms with Crippen LogP contribution in [0.2, 0.25) is 0 Å². The summed E-state index contributed by atoms with van der Waals surface area (Å²) in [5.74, 6) is -11.8. The van der Waals surface area contributed by atoms with Crippen molar-refractivity contribution >= 4 is 11.8 Å². The Morgan fingerprint density at radius 3 is 2.58 bits per heavy atom. The van der Waals surface area contributed by atoms with Crippen molar-refractivity contribution in [1.29, 1.82) is 0 Å². The molecule has 1 aliphatic rings. The first-order chi connectivity index (χ1) is 14.4. The second-order valence-corrected chi connectivity index (χ2v) is 7.88. The zero-order chi connectivity index (χ0) is 23.6. The molecule has 0 amide bonds. The highest BCUT2D eigenvalue weighted by molar-refractivity contribution is 5.81. The first-order valence-electron chi connectivity index (χ1n) is 9.59. The maximum atomic E-state index is 15.4. The first kappa shape index (κ1) is 25.2. The van der Waals surface area contributed by atoms with Crippen molar-refractivity contribution in [2.24, 2.45) is 11.8 Å². The number of ketones is 1. The van der Waals surface area contributed by atoms with Crippen molar-refractivity contribution < 1.29 is 48.3 Å². The number of carboxylic acids is 1. The number of hydrogen-bond acceptors (Lipinski definition) is 9. The molecule has 11 nitrogen and oxygen atoms in total. The van der Waals surface area contributed by atoms with Crippen LogP contribution >= 0.6 is 0 Å². The Balaban J connectivity index is 2.63. The number of aliphatic hydroxyl groups is 3. The zero-order valence-corrected chi connectivity index (χ0v) is 17.3. The number of ether oxygens (including phenoxy) is 2. The molecule has 0 radical (unpaired) electrons. The topological polar surface area (TPSA) is 164 Å². The second kappa shape index (κ2) is 9.61. The van der Waals surface area contributed by atoms with Crippen LogP contribution in [0.5, 0.6) is 0 Å². The third-order valence-electron chi connectivity index (χ3n) is 5.22. The molecule has 1 aromatic rings. The number of nitrogens with zero attached hydrogens (tertiary/aromatic N) is 3. The number of aliphatic carboxylic acids is 1. The van der Waals surface area contributed by atoms with Crippen LogP contribution in [-0.2, 0) is 25.7 Å². The molecular formula is C18H27F2N3O8. The Morgan fingerprint density at radius 1 is 1.42 bits per heavy atom. The van der Waals surface area contributed by atoms with Crippen molar-refractivity contribution in [1.82, 2.24) is 15.0 Å². The minimum absolute atomic E-state index is 0.0387.